The number of esters is 1. The predicted octanol–water partition coefficient (Wildman–Crippen LogP) is 6.89. The number of carbonyl (C=O) groups excluding carboxylic acids is 2. The Balaban J connectivity index is 1.47. The van der Waals surface area contributed by atoms with Crippen LogP contribution in [0.5, 0.6) is 0 Å². The lowest BCUT2D eigenvalue weighted by molar-refractivity contribution is -0.148. The molecule has 3 heteroatoms. The number of ether oxygens (including phenoxy) is 1. The van der Waals surface area contributed by atoms with Crippen molar-refractivity contribution in [3.05, 3.63) is 11.6 Å². The van der Waals surface area contributed by atoms with E-state index >= 15 is 0 Å². The maximum absolute atomic E-state index is 11.5. The molecule has 6 unspecified atom stereocenters. The Labute approximate surface area is 189 Å². The van der Waals surface area contributed by atoms with E-state index in [-0.39, 0.29) is 12.1 Å². The molecule has 0 spiro atoms. The Hall–Kier alpha value is -1.12. The monoisotopic (exact) mass is 428 g/mol. The van der Waals surface area contributed by atoms with E-state index in [2.05, 4.69) is 26.8 Å². The summed E-state index contributed by atoms with van der Waals surface area (Å²) in [5.41, 5.74) is 2.38. The first-order valence-corrected chi connectivity index (χ1v) is 13.0. The molecule has 0 aromatic rings. The van der Waals surface area contributed by atoms with E-state index in [1.807, 2.05) is 0 Å². The maximum Gasteiger partial charge on any atom is 0.302 e. The molecule has 8 atom stereocenters. The van der Waals surface area contributed by atoms with E-state index in [1.54, 1.807) is 19.4 Å². The van der Waals surface area contributed by atoms with Crippen LogP contribution < -0.4 is 0 Å². The van der Waals surface area contributed by atoms with Crippen LogP contribution in [0.2, 0.25) is 0 Å². The van der Waals surface area contributed by atoms with Crippen molar-refractivity contribution < 1.29 is 14.3 Å². The van der Waals surface area contributed by atoms with Gasteiger partial charge in [0.25, 0.3) is 0 Å². The second-order valence-electron chi connectivity index (χ2n) is 12.0. The number of fused-ring (bicyclic) bond motifs is 5. The normalized spacial score (nSPS) is 42.6. The first-order valence-electron chi connectivity index (χ1n) is 13.0. The molecule has 0 saturated heterocycles. The molecule has 3 fully saturated rings. The minimum absolute atomic E-state index is 0.0916. The number of carbonyl (C=O) groups is 2. The molecule has 3 nitrogen and oxygen atoms in total. The summed E-state index contributed by atoms with van der Waals surface area (Å²) in [5.74, 6) is 4.24. The molecule has 0 bridgehead atoms. The number of hydrogen-bond acceptors (Lipinski definition) is 3. The van der Waals surface area contributed by atoms with E-state index in [0.717, 1.165) is 55.3 Å². The lowest BCUT2D eigenvalue weighted by atomic mass is 9.47. The lowest BCUT2D eigenvalue weighted by Gasteiger charge is -2.58. The summed E-state index contributed by atoms with van der Waals surface area (Å²) in [6.07, 6.45) is 15.6. The molecule has 0 aliphatic heterocycles. The summed E-state index contributed by atoms with van der Waals surface area (Å²) in [7, 11) is 0. The second kappa shape index (κ2) is 8.67. The summed E-state index contributed by atoms with van der Waals surface area (Å²) in [4.78, 5) is 22.8. The molecular weight excluding hydrogens is 384 g/mol. The van der Waals surface area contributed by atoms with Gasteiger partial charge in [-0.05, 0) is 98.7 Å². The topological polar surface area (TPSA) is 43.4 Å². The van der Waals surface area contributed by atoms with Crippen LogP contribution in [0, 0.1) is 40.4 Å². The Morgan fingerprint density at radius 2 is 1.87 bits per heavy atom. The average Bonchev–Trinajstić information content (AvgIpc) is 3.05. The van der Waals surface area contributed by atoms with Gasteiger partial charge in [0.15, 0.2) is 0 Å². The summed E-state index contributed by atoms with van der Waals surface area (Å²) < 4.78 is 5.59. The highest BCUT2D eigenvalue weighted by atomic mass is 16.5. The van der Waals surface area contributed by atoms with Crippen LogP contribution in [-0.2, 0) is 14.3 Å². The van der Waals surface area contributed by atoms with Gasteiger partial charge in [-0.1, -0.05) is 38.8 Å². The largest absolute Gasteiger partial charge is 0.462 e. The maximum atomic E-state index is 11.5. The van der Waals surface area contributed by atoms with Gasteiger partial charge in [0, 0.05) is 19.8 Å². The summed E-state index contributed by atoms with van der Waals surface area (Å²) in [6.45, 7) is 10.9. The van der Waals surface area contributed by atoms with Gasteiger partial charge in [0.2, 0.25) is 0 Å². The standard InChI is InChI=1S/C28H44O3/c1-18(7-6-8-19(2)29)24-11-12-25-23-10-9-21-17-22(31-20(3)30)13-15-27(21,4)26(23)14-16-28(24,25)5/h9,18,22-26H,6-8,10-17H2,1-5H3/t18?,22?,23?,24?,25?,26?,27-,28+/m0/s1. The molecule has 31 heavy (non-hydrogen) atoms. The Kier molecular flexibility index (Phi) is 6.45. The van der Waals surface area contributed by atoms with Crippen molar-refractivity contribution in [3.63, 3.8) is 0 Å². The fourth-order valence-corrected chi connectivity index (χ4v) is 8.81. The van der Waals surface area contributed by atoms with Crippen molar-refractivity contribution in [2.75, 3.05) is 0 Å². The summed E-state index contributed by atoms with van der Waals surface area (Å²) in [6, 6.07) is 0. The minimum Gasteiger partial charge on any atom is -0.462 e. The molecule has 4 aliphatic rings. The first kappa shape index (κ1) is 23.1. The van der Waals surface area contributed by atoms with Crippen molar-refractivity contribution in [1.82, 2.24) is 0 Å². The summed E-state index contributed by atoms with van der Waals surface area (Å²) >= 11 is 0. The molecule has 0 amide bonds. The summed E-state index contributed by atoms with van der Waals surface area (Å²) in [5, 5.41) is 0. The van der Waals surface area contributed by atoms with E-state index < -0.39 is 0 Å². The molecule has 174 valence electrons. The highest BCUT2D eigenvalue weighted by Crippen LogP contribution is 2.67. The van der Waals surface area contributed by atoms with Gasteiger partial charge in [0.1, 0.15) is 11.9 Å². The molecular formula is C28H44O3. The Morgan fingerprint density at radius 3 is 2.58 bits per heavy atom. The SMILES string of the molecule is CC(=O)CCCC(C)C1CCC2C3CC=C4CC(OC(C)=O)CC[C@]4(C)C3CC[C@]12C. The van der Waals surface area contributed by atoms with Gasteiger partial charge in [-0.2, -0.15) is 0 Å². The van der Waals surface area contributed by atoms with Gasteiger partial charge in [-0.15, -0.1) is 0 Å². The molecule has 0 radical (unpaired) electrons. The second-order valence-corrected chi connectivity index (χ2v) is 12.0. The van der Waals surface area contributed by atoms with Crippen LogP contribution in [0.4, 0.5) is 0 Å². The van der Waals surface area contributed by atoms with Gasteiger partial charge < -0.3 is 9.53 Å². The number of ketones is 1. The van der Waals surface area contributed by atoms with Crippen LogP contribution in [-0.4, -0.2) is 17.9 Å². The smallest absolute Gasteiger partial charge is 0.302 e. The van der Waals surface area contributed by atoms with Gasteiger partial charge in [0.05, 0.1) is 0 Å². The van der Waals surface area contributed by atoms with E-state index in [9.17, 15) is 9.59 Å². The Morgan fingerprint density at radius 1 is 1.10 bits per heavy atom. The highest BCUT2D eigenvalue weighted by molar-refractivity contribution is 5.75. The van der Waals surface area contributed by atoms with Crippen molar-refractivity contribution >= 4 is 11.8 Å². The van der Waals surface area contributed by atoms with Crippen molar-refractivity contribution in [2.45, 2.75) is 111 Å². The third-order valence-corrected chi connectivity index (χ3v) is 10.3. The van der Waals surface area contributed by atoms with E-state index in [4.69, 9.17) is 4.74 Å². The van der Waals surface area contributed by atoms with Crippen molar-refractivity contribution in [3.8, 4) is 0 Å². The zero-order valence-corrected chi connectivity index (χ0v) is 20.5. The molecule has 0 aromatic carbocycles. The molecule has 4 aliphatic carbocycles. The van der Waals surface area contributed by atoms with Crippen LogP contribution in [0.15, 0.2) is 11.6 Å². The zero-order valence-electron chi connectivity index (χ0n) is 20.5. The molecule has 0 N–H and O–H groups in total. The molecule has 4 rings (SSSR count). The predicted molar refractivity (Wildman–Crippen MR) is 124 cm³/mol. The minimum atomic E-state index is -0.134. The van der Waals surface area contributed by atoms with E-state index in [0.29, 0.717) is 16.6 Å². The fraction of sp³-hybridized carbons (Fsp3) is 0.857. The first-order chi connectivity index (χ1) is 14.6. The quantitative estimate of drug-likeness (QED) is 0.342. The molecule has 0 aromatic heterocycles. The van der Waals surface area contributed by atoms with Crippen LogP contribution in [0.1, 0.15) is 105 Å². The van der Waals surface area contributed by atoms with Crippen LogP contribution in [0.3, 0.4) is 0 Å². The number of Topliss-reactive ketones (excluding diaryl/α,β-unsaturated/α-hetero) is 1. The zero-order chi connectivity index (χ0) is 22.4. The fourth-order valence-electron chi connectivity index (χ4n) is 8.81. The number of allylic oxidation sites excluding steroid dienone is 1. The third-order valence-electron chi connectivity index (χ3n) is 10.3. The van der Waals surface area contributed by atoms with Gasteiger partial charge >= 0.3 is 5.97 Å². The van der Waals surface area contributed by atoms with Gasteiger partial charge in [-0.25, -0.2) is 0 Å². The van der Waals surface area contributed by atoms with Crippen LogP contribution >= 0.6 is 0 Å². The van der Waals surface area contributed by atoms with Crippen molar-refractivity contribution in [2.24, 2.45) is 40.4 Å². The molecule has 0 heterocycles. The van der Waals surface area contributed by atoms with Crippen LogP contribution in [0.25, 0.3) is 0 Å². The number of hydrogen-bond donors (Lipinski definition) is 0. The van der Waals surface area contributed by atoms with Crippen molar-refractivity contribution in [1.29, 1.82) is 0 Å². The third kappa shape index (κ3) is 4.15. The molecule has 3 saturated carbocycles. The Bertz CT molecular complexity index is 739. The van der Waals surface area contributed by atoms with E-state index in [1.165, 1.54) is 44.9 Å². The number of rotatable bonds is 6. The average molecular weight is 429 g/mol. The van der Waals surface area contributed by atoms with Gasteiger partial charge in [-0.3, -0.25) is 4.79 Å². The highest BCUT2D eigenvalue weighted by Gasteiger charge is 2.59. The lowest BCUT2D eigenvalue weighted by Crippen LogP contribution is -2.51.